The standard InChI is InChI=1S/C24H23F3N4O/c25-24(26,27)19-10-8-17(9-11-19)23(32)28-20-7-5-6-18(16-20)21-12-13-22(30-29-21)31-14-3-1-2-4-15-31/h5-13,16H,1-4,14-15H2,(H,28,32). The van der Waals surface area contributed by atoms with Crippen molar-refractivity contribution in [3.63, 3.8) is 0 Å². The lowest BCUT2D eigenvalue weighted by molar-refractivity contribution is -0.137. The number of amides is 1. The van der Waals surface area contributed by atoms with E-state index < -0.39 is 17.6 Å². The molecule has 3 aromatic rings. The summed E-state index contributed by atoms with van der Waals surface area (Å²) >= 11 is 0. The van der Waals surface area contributed by atoms with Crippen molar-refractivity contribution in [3.8, 4) is 11.3 Å². The van der Waals surface area contributed by atoms with Gasteiger partial charge < -0.3 is 10.2 Å². The number of hydrogen-bond acceptors (Lipinski definition) is 4. The van der Waals surface area contributed by atoms with E-state index in [9.17, 15) is 18.0 Å². The Labute approximate surface area is 184 Å². The maximum atomic E-state index is 12.7. The molecular formula is C24H23F3N4O. The van der Waals surface area contributed by atoms with Crippen molar-refractivity contribution in [2.45, 2.75) is 31.9 Å². The normalized spacial score (nSPS) is 14.7. The van der Waals surface area contributed by atoms with Crippen LogP contribution >= 0.6 is 0 Å². The van der Waals surface area contributed by atoms with Crippen LogP contribution in [0.5, 0.6) is 0 Å². The number of halogens is 3. The van der Waals surface area contributed by atoms with Crippen LogP contribution < -0.4 is 10.2 Å². The van der Waals surface area contributed by atoms with Crippen molar-refractivity contribution in [3.05, 3.63) is 71.8 Å². The molecule has 1 amide bonds. The molecular weight excluding hydrogens is 417 g/mol. The summed E-state index contributed by atoms with van der Waals surface area (Å²) in [4.78, 5) is 14.7. The van der Waals surface area contributed by atoms with Crippen molar-refractivity contribution >= 4 is 17.4 Å². The van der Waals surface area contributed by atoms with Crippen LogP contribution in [-0.4, -0.2) is 29.2 Å². The van der Waals surface area contributed by atoms with Gasteiger partial charge >= 0.3 is 6.18 Å². The van der Waals surface area contributed by atoms with Gasteiger partial charge in [0.25, 0.3) is 5.91 Å². The van der Waals surface area contributed by atoms with Crippen LogP contribution in [0.15, 0.2) is 60.7 Å². The largest absolute Gasteiger partial charge is 0.416 e. The van der Waals surface area contributed by atoms with Crippen LogP contribution in [-0.2, 0) is 6.18 Å². The maximum absolute atomic E-state index is 12.7. The summed E-state index contributed by atoms with van der Waals surface area (Å²) in [5.41, 5.74) is 1.33. The summed E-state index contributed by atoms with van der Waals surface area (Å²) in [6.45, 7) is 1.97. The highest BCUT2D eigenvalue weighted by molar-refractivity contribution is 6.04. The molecule has 0 saturated carbocycles. The average Bonchev–Trinajstić information content (AvgIpc) is 3.09. The topological polar surface area (TPSA) is 58.1 Å². The Kier molecular flexibility index (Phi) is 6.39. The summed E-state index contributed by atoms with van der Waals surface area (Å²) in [7, 11) is 0. The molecule has 1 aromatic heterocycles. The fraction of sp³-hybridized carbons (Fsp3) is 0.292. The van der Waals surface area contributed by atoms with Gasteiger partial charge in [-0.3, -0.25) is 4.79 Å². The first-order valence-electron chi connectivity index (χ1n) is 10.6. The second-order valence-electron chi connectivity index (χ2n) is 7.79. The molecule has 4 rings (SSSR count). The highest BCUT2D eigenvalue weighted by Crippen LogP contribution is 2.29. The van der Waals surface area contributed by atoms with Gasteiger partial charge in [0.05, 0.1) is 11.3 Å². The van der Waals surface area contributed by atoms with E-state index in [2.05, 4.69) is 20.4 Å². The van der Waals surface area contributed by atoms with Gasteiger partial charge in [0.2, 0.25) is 0 Å². The Hall–Kier alpha value is -3.42. The first-order chi connectivity index (χ1) is 15.4. The first-order valence-corrected chi connectivity index (χ1v) is 10.6. The molecule has 0 spiro atoms. The van der Waals surface area contributed by atoms with Gasteiger partial charge in [0.1, 0.15) is 0 Å². The van der Waals surface area contributed by atoms with Crippen molar-refractivity contribution in [2.24, 2.45) is 0 Å². The molecule has 0 bridgehead atoms. The lowest BCUT2D eigenvalue weighted by Crippen LogP contribution is -2.25. The van der Waals surface area contributed by atoms with E-state index in [1.807, 2.05) is 18.2 Å². The molecule has 2 aromatic carbocycles. The summed E-state index contributed by atoms with van der Waals surface area (Å²) in [5.74, 6) is 0.376. The molecule has 1 aliphatic heterocycles. The predicted molar refractivity (Wildman–Crippen MR) is 118 cm³/mol. The second kappa shape index (κ2) is 9.38. The first kappa shape index (κ1) is 21.8. The zero-order valence-electron chi connectivity index (χ0n) is 17.4. The average molecular weight is 440 g/mol. The zero-order chi connectivity index (χ0) is 22.6. The second-order valence-corrected chi connectivity index (χ2v) is 7.79. The molecule has 8 heteroatoms. The van der Waals surface area contributed by atoms with Gasteiger partial charge in [0, 0.05) is 29.9 Å². The SMILES string of the molecule is O=C(Nc1cccc(-c2ccc(N3CCCCCC3)nn2)c1)c1ccc(C(F)(F)F)cc1. The van der Waals surface area contributed by atoms with Crippen molar-refractivity contribution in [2.75, 3.05) is 23.3 Å². The number of rotatable bonds is 4. The van der Waals surface area contributed by atoms with Crippen LogP contribution in [0.4, 0.5) is 24.7 Å². The van der Waals surface area contributed by atoms with E-state index in [1.54, 1.807) is 18.2 Å². The van der Waals surface area contributed by atoms with Crippen molar-refractivity contribution in [1.82, 2.24) is 10.2 Å². The molecule has 32 heavy (non-hydrogen) atoms. The number of anilines is 2. The third-order valence-corrected chi connectivity index (χ3v) is 5.47. The van der Waals surface area contributed by atoms with Crippen LogP contribution in [0.2, 0.25) is 0 Å². The summed E-state index contributed by atoms with van der Waals surface area (Å²) in [5, 5.41) is 11.5. The van der Waals surface area contributed by atoms with E-state index in [-0.39, 0.29) is 5.56 Å². The van der Waals surface area contributed by atoms with Gasteiger partial charge in [-0.15, -0.1) is 10.2 Å². The Balaban J connectivity index is 1.45. The van der Waals surface area contributed by atoms with E-state index in [4.69, 9.17) is 0 Å². The molecule has 0 radical (unpaired) electrons. The summed E-state index contributed by atoms with van der Waals surface area (Å²) < 4.78 is 38.1. The number of hydrogen-bond donors (Lipinski definition) is 1. The number of aromatic nitrogens is 2. The fourth-order valence-electron chi connectivity index (χ4n) is 3.72. The lowest BCUT2D eigenvalue weighted by Gasteiger charge is -2.20. The zero-order valence-corrected chi connectivity index (χ0v) is 17.4. The van der Waals surface area contributed by atoms with Crippen LogP contribution in [0, 0.1) is 0 Å². The van der Waals surface area contributed by atoms with Gasteiger partial charge in [-0.25, -0.2) is 0 Å². The maximum Gasteiger partial charge on any atom is 0.416 e. The van der Waals surface area contributed by atoms with Crippen LogP contribution in [0.3, 0.4) is 0 Å². The summed E-state index contributed by atoms with van der Waals surface area (Å²) in [6.07, 6.45) is 0.362. The summed E-state index contributed by atoms with van der Waals surface area (Å²) in [6, 6.07) is 15.1. The number of alkyl halides is 3. The van der Waals surface area contributed by atoms with Crippen molar-refractivity contribution < 1.29 is 18.0 Å². The number of benzene rings is 2. The Morgan fingerprint density at radius 3 is 2.22 bits per heavy atom. The number of nitrogens with zero attached hydrogens (tertiary/aromatic N) is 3. The van der Waals surface area contributed by atoms with Crippen LogP contribution in [0.25, 0.3) is 11.3 Å². The molecule has 5 nitrogen and oxygen atoms in total. The van der Waals surface area contributed by atoms with E-state index in [1.165, 1.54) is 12.8 Å². The van der Waals surface area contributed by atoms with Crippen LogP contribution in [0.1, 0.15) is 41.6 Å². The molecule has 1 aliphatic rings. The van der Waals surface area contributed by atoms with Gasteiger partial charge in [0.15, 0.2) is 5.82 Å². The van der Waals surface area contributed by atoms with E-state index in [0.29, 0.717) is 11.4 Å². The predicted octanol–water partition coefficient (Wildman–Crippen LogP) is 5.80. The van der Waals surface area contributed by atoms with E-state index in [0.717, 1.165) is 61.6 Å². The minimum Gasteiger partial charge on any atom is -0.355 e. The minimum atomic E-state index is -4.44. The van der Waals surface area contributed by atoms with E-state index >= 15 is 0 Å². The lowest BCUT2D eigenvalue weighted by atomic mass is 10.1. The fourth-order valence-corrected chi connectivity index (χ4v) is 3.72. The highest BCUT2D eigenvalue weighted by atomic mass is 19.4. The molecule has 1 N–H and O–H groups in total. The third kappa shape index (κ3) is 5.25. The Bertz CT molecular complexity index is 1060. The number of carbonyl (C=O) groups excluding carboxylic acids is 1. The molecule has 2 heterocycles. The Morgan fingerprint density at radius 1 is 0.875 bits per heavy atom. The monoisotopic (exact) mass is 440 g/mol. The van der Waals surface area contributed by atoms with Crippen molar-refractivity contribution in [1.29, 1.82) is 0 Å². The molecule has 1 fully saturated rings. The number of nitrogens with one attached hydrogen (secondary N) is 1. The third-order valence-electron chi connectivity index (χ3n) is 5.47. The molecule has 0 unspecified atom stereocenters. The minimum absolute atomic E-state index is 0.144. The quantitative estimate of drug-likeness (QED) is 0.558. The Morgan fingerprint density at radius 2 is 1.59 bits per heavy atom. The highest BCUT2D eigenvalue weighted by Gasteiger charge is 2.30. The smallest absolute Gasteiger partial charge is 0.355 e. The van der Waals surface area contributed by atoms with Gasteiger partial charge in [-0.1, -0.05) is 25.0 Å². The molecule has 0 aliphatic carbocycles. The molecule has 166 valence electrons. The molecule has 1 saturated heterocycles. The number of carbonyl (C=O) groups is 1. The van der Waals surface area contributed by atoms with Gasteiger partial charge in [-0.05, 0) is 61.4 Å². The van der Waals surface area contributed by atoms with Gasteiger partial charge in [-0.2, -0.15) is 13.2 Å². The molecule has 0 atom stereocenters.